The van der Waals surface area contributed by atoms with Gasteiger partial charge in [0.2, 0.25) is 0 Å². The van der Waals surface area contributed by atoms with E-state index in [1.807, 2.05) is 0 Å². The molecular weight excluding hydrogens is 514 g/mol. The maximum absolute atomic E-state index is 13.4. The summed E-state index contributed by atoms with van der Waals surface area (Å²) in [6.07, 6.45) is 0.912. The molecule has 1 aliphatic heterocycles. The van der Waals surface area contributed by atoms with E-state index in [9.17, 15) is 16.8 Å². The Bertz CT molecular complexity index is 1380. The van der Waals surface area contributed by atoms with Crippen LogP contribution in [0.3, 0.4) is 0 Å². The second kappa shape index (κ2) is 10.1. The van der Waals surface area contributed by atoms with Crippen molar-refractivity contribution in [3.63, 3.8) is 0 Å². The predicted octanol–water partition coefficient (Wildman–Crippen LogP) is 3.24. The number of nitrogens with one attached hydrogen (secondary N) is 2. The normalized spacial score (nSPS) is 15.0. The molecule has 188 valence electrons. The van der Waals surface area contributed by atoms with E-state index in [1.54, 1.807) is 30.3 Å². The van der Waals surface area contributed by atoms with Crippen molar-refractivity contribution < 1.29 is 21.4 Å². The van der Waals surface area contributed by atoms with Crippen molar-refractivity contribution in [2.45, 2.75) is 30.1 Å². The highest BCUT2D eigenvalue weighted by atomic mass is 35.5. The quantitative estimate of drug-likeness (QED) is 0.438. The molecule has 1 aliphatic rings. The Morgan fingerprint density at radius 1 is 1.06 bits per heavy atom. The monoisotopic (exact) mass is 539 g/mol. The molecule has 1 aromatic heterocycles. The molecule has 2 heterocycles. The molecule has 0 saturated carbocycles. The van der Waals surface area contributed by atoms with Crippen molar-refractivity contribution >= 4 is 48.9 Å². The van der Waals surface area contributed by atoms with Gasteiger partial charge in [0.1, 0.15) is 5.69 Å². The average molecular weight is 540 g/mol. The van der Waals surface area contributed by atoms with Gasteiger partial charge in [-0.25, -0.2) is 8.42 Å². The van der Waals surface area contributed by atoms with Crippen LogP contribution in [0, 0.1) is 13.8 Å². The summed E-state index contributed by atoms with van der Waals surface area (Å²) in [7, 11) is -8.34. The van der Waals surface area contributed by atoms with Crippen LogP contribution in [0.25, 0.3) is 0 Å². The number of rotatable bonds is 7. The Hall–Kier alpha value is -2.80. The smallest absolute Gasteiger partial charge is 0.283 e. The third kappa shape index (κ3) is 5.25. The van der Waals surface area contributed by atoms with E-state index in [0.717, 1.165) is 31.7 Å². The molecule has 0 unspecified atom stereocenters. The number of halogens is 1. The number of sulfonamides is 2. The molecule has 0 spiro atoms. The first-order chi connectivity index (χ1) is 16.6. The van der Waals surface area contributed by atoms with Gasteiger partial charge in [0.05, 0.1) is 16.3 Å². The van der Waals surface area contributed by atoms with Crippen molar-refractivity contribution in [1.29, 1.82) is 0 Å². The fourth-order valence-electron chi connectivity index (χ4n) is 3.92. The Labute approximate surface area is 210 Å². The fourth-order valence-corrected chi connectivity index (χ4v) is 6.75. The molecule has 1 saturated heterocycles. The summed E-state index contributed by atoms with van der Waals surface area (Å²) in [5, 5.41) is 7.02. The molecule has 0 bridgehead atoms. The second-order valence-electron chi connectivity index (χ2n) is 8.08. The zero-order valence-corrected chi connectivity index (χ0v) is 21.6. The minimum atomic E-state index is -4.31. The van der Waals surface area contributed by atoms with Crippen molar-refractivity contribution in [2.24, 2.45) is 0 Å². The van der Waals surface area contributed by atoms with E-state index in [4.69, 9.17) is 16.3 Å². The van der Waals surface area contributed by atoms with Gasteiger partial charge in [-0.1, -0.05) is 23.4 Å². The number of benzene rings is 2. The molecule has 0 amide bonds. The van der Waals surface area contributed by atoms with Crippen LogP contribution in [-0.2, 0) is 20.0 Å². The molecule has 0 atom stereocenters. The van der Waals surface area contributed by atoms with Gasteiger partial charge in [-0.2, -0.15) is 12.2 Å². The summed E-state index contributed by atoms with van der Waals surface area (Å²) in [5.41, 5.74) is 0.855. The van der Waals surface area contributed by atoms with Gasteiger partial charge in [0, 0.05) is 37.1 Å². The maximum atomic E-state index is 13.4. The molecule has 4 rings (SSSR count). The number of anilines is 3. The van der Waals surface area contributed by atoms with Gasteiger partial charge in [-0.3, -0.25) is 4.72 Å². The van der Waals surface area contributed by atoms with Crippen LogP contribution in [0.15, 0.2) is 62.8 Å². The highest BCUT2D eigenvalue weighted by molar-refractivity contribution is 7.94. The van der Waals surface area contributed by atoms with Crippen LogP contribution >= 0.6 is 11.8 Å². The number of aryl methyl sites for hydroxylation is 2. The van der Waals surface area contributed by atoms with Crippen molar-refractivity contribution in [3.05, 3.63) is 60.0 Å². The average Bonchev–Trinajstić information content (AvgIpc) is 3.02. The Morgan fingerprint density at radius 2 is 1.80 bits per heavy atom. The first-order valence-corrected chi connectivity index (χ1v) is 14.2. The summed E-state index contributed by atoms with van der Waals surface area (Å²) >= 11 is 6.40. The molecular formula is C22H26ClN5O5S2. The lowest BCUT2D eigenvalue weighted by atomic mass is 10.2. The minimum absolute atomic E-state index is 0.0221. The SMILES string of the molecule is Cc1noc(C)c1S(=O)(=O)N(Cl)c1ccc(N2CCCNCC2)cc1NS(=O)(=O)c1ccccc1. The second-order valence-corrected chi connectivity index (χ2v) is 12.0. The third-order valence-electron chi connectivity index (χ3n) is 5.61. The zero-order chi connectivity index (χ0) is 25.2. The molecule has 3 aromatic rings. The van der Waals surface area contributed by atoms with Crippen molar-refractivity contribution in [1.82, 2.24) is 10.5 Å². The lowest BCUT2D eigenvalue weighted by Gasteiger charge is -2.25. The van der Waals surface area contributed by atoms with E-state index in [1.165, 1.54) is 32.0 Å². The van der Waals surface area contributed by atoms with Gasteiger partial charge in [0.15, 0.2) is 10.7 Å². The van der Waals surface area contributed by atoms with E-state index in [0.29, 0.717) is 10.4 Å². The number of nitrogens with zero attached hydrogens (tertiary/aromatic N) is 3. The number of aromatic nitrogens is 1. The summed E-state index contributed by atoms with van der Waals surface area (Å²) in [4.78, 5) is 1.96. The van der Waals surface area contributed by atoms with Crippen LogP contribution in [0.4, 0.5) is 17.1 Å². The molecule has 35 heavy (non-hydrogen) atoms. The molecule has 0 aliphatic carbocycles. The molecule has 2 aromatic carbocycles. The lowest BCUT2D eigenvalue weighted by molar-refractivity contribution is 0.390. The summed E-state index contributed by atoms with van der Waals surface area (Å²) in [6, 6.07) is 12.6. The Balaban J connectivity index is 1.80. The lowest BCUT2D eigenvalue weighted by Crippen LogP contribution is -2.28. The first kappa shape index (κ1) is 25.3. The maximum Gasteiger partial charge on any atom is 0.283 e. The number of hydrogen-bond donors (Lipinski definition) is 2. The standard InChI is InChI=1S/C22H26ClN5O5S2/c1-16-22(17(2)33-25-16)35(31,32)28(23)21-10-9-18(27-13-6-11-24-12-14-27)15-20(21)26-34(29,30)19-7-4-3-5-8-19/h3-5,7-10,15,24,26H,6,11-14H2,1-2H3. The van der Waals surface area contributed by atoms with Crippen LogP contribution in [0.5, 0.6) is 0 Å². The zero-order valence-electron chi connectivity index (χ0n) is 19.2. The summed E-state index contributed by atoms with van der Waals surface area (Å²) in [5.74, 6) is 0.0771. The third-order valence-corrected chi connectivity index (χ3v) is 9.44. The van der Waals surface area contributed by atoms with E-state index in [2.05, 4.69) is 20.1 Å². The van der Waals surface area contributed by atoms with Gasteiger partial charge >= 0.3 is 0 Å². The van der Waals surface area contributed by atoms with E-state index in [-0.39, 0.29) is 32.6 Å². The Kier molecular flexibility index (Phi) is 7.27. The fraction of sp³-hybridized carbons (Fsp3) is 0.318. The number of hydrogen-bond acceptors (Lipinski definition) is 8. The van der Waals surface area contributed by atoms with Crippen molar-refractivity contribution in [2.75, 3.05) is 39.6 Å². The van der Waals surface area contributed by atoms with Gasteiger partial charge in [-0.05, 0) is 57.1 Å². The molecule has 13 heteroatoms. The molecule has 1 fully saturated rings. The minimum Gasteiger partial charge on any atom is -0.370 e. The molecule has 0 radical (unpaired) electrons. The van der Waals surface area contributed by atoms with Crippen LogP contribution in [0.1, 0.15) is 17.9 Å². The van der Waals surface area contributed by atoms with E-state index >= 15 is 0 Å². The molecule has 2 N–H and O–H groups in total. The van der Waals surface area contributed by atoms with Gasteiger partial charge < -0.3 is 14.7 Å². The van der Waals surface area contributed by atoms with E-state index < -0.39 is 20.0 Å². The topological polar surface area (TPSA) is 125 Å². The van der Waals surface area contributed by atoms with Gasteiger partial charge in [0.25, 0.3) is 20.0 Å². The Morgan fingerprint density at radius 3 is 2.49 bits per heavy atom. The summed E-state index contributed by atoms with van der Waals surface area (Å²) in [6.45, 7) is 6.09. The largest absolute Gasteiger partial charge is 0.370 e. The van der Waals surface area contributed by atoms with Crippen LogP contribution < -0.4 is 18.8 Å². The highest BCUT2D eigenvalue weighted by Gasteiger charge is 2.33. The van der Waals surface area contributed by atoms with Crippen molar-refractivity contribution in [3.8, 4) is 0 Å². The first-order valence-electron chi connectivity index (χ1n) is 10.9. The van der Waals surface area contributed by atoms with Crippen LogP contribution in [0.2, 0.25) is 0 Å². The molecule has 10 nitrogen and oxygen atoms in total. The van der Waals surface area contributed by atoms with Crippen LogP contribution in [-0.4, -0.2) is 48.2 Å². The highest BCUT2D eigenvalue weighted by Crippen LogP contribution is 2.38. The van der Waals surface area contributed by atoms with Gasteiger partial charge in [-0.15, -0.1) is 0 Å². The summed E-state index contributed by atoms with van der Waals surface area (Å²) < 4.78 is 61.0. The predicted molar refractivity (Wildman–Crippen MR) is 135 cm³/mol.